The SMILES string of the molecule is O=C1CCC(N2C(=O)c3cccc(CNCC4(CO)CNC4)c3C2=O)C(=O)N1. The molecule has 0 aromatic heterocycles. The number of benzene rings is 1. The summed E-state index contributed by atoms with van der Waals surface area (Å²) in [6.45, 7) is 2.47. The number of piperidine rings is 1. The summed E-state index contributed by atoms with van der Waals surface area (Å²) in [6.07, 6.45) is 0.227. The zero-order valence-electron chi connectivity index (χ0n) is 15.3. The minimum atomic E-state index is -0.968. The van der Waals surface area contributed by atoms with Crippen LogP contribution in [0.5, 0.6) is 0 Å². The lowest BCUT2D eigenvalue weighted by molar-refractivity contribution is -0.136. The van der Waals surface area contributed by atoms with Crippen LogP contribution >= 0.6 is 0 Å². The van der Waals surface area contributed by atoms with Crippen LogP contribution in [0.4, 0.5) is 0 Å². The zero-order chi connectivity index (χ0) is 19.9. The lowest BCUT2D eigenvalue weighted by atomic mass is 9.82. The van der Waals surface area contributed by atoms with Gasteiger partial charge in [-0.15, -0.1) is 0 Å². The van der Waals surface area contributed by atoms with E-state index in [9.17, 15) is 24.3 Å². The quantitative estimate of drug-likeness (QED) is 0.450. The second kappa shape index (κ2) is 7.08. The average Bonchev–Trinajstić information content (AvgIpc) is 2.89. The molecule has 0 aliphatic carbocycles. The molecule has 4 N–H and O–H groups in total. The van der Waals surface area contributed by atoms with Crippen molar-refractivity contribution in [3.8, 4) is 0 Å². The van der Waals surface area contributed by atoms with Gasteiger partial charge < -0.3 is 15.7 Å². The average molecular weight is 386 g/mol. The van der Waals surface area contributed by atoms with Gasteiger partial charge in [0.05, 0.1) is 17.7 Å². The van der Waals surface area contributed by atoms with Crippen molar-refractivity contribution in [3.05, 3.63) is 34.9 Å². The van der Waals surface area contributed by atoms with E-state index in [0.717, 1.165) is 18.0 Å². The summed E-state index contributed by atoms with van der Waals surface area (Å²) in [7, 11) is 0. The highest BCUT2D eigenvalue weighted by Crippen LogP contribution is 2.30. The van der Waals surface area contributed by atoms with Crippen LogP contribution in [-0.4, -0.2) is 65.9 Å². The Morgan fingerprint density at radius 1 is 1.18 bits per heavy atom. The maximum absolute atomic E-state index is 13.0. The van der Waals surface area contributed by atoms with Crippen molar-refractivity contribution in [2.75, 3.05) is 26.2 Å². The minimum Gasteiger partial charge on any atom is -0.396 e. The van der Waals surface area contributed by atoms with E-state index in [1.165, 1.54) is 0 Å². The molecule has 0 spiro atoms. The summed E-state index contributed by atoms with van der Waals surface area (Å²) in [5.74, 6) is -2.03. The highest BCUT2D eigenvalue weighted by Gasteiger charge is 2.45. The Bertz CT molecular complexity index is 858. The molecule has 1 aromatic rings. The first-order valence-electron chi connectivity index (χ1n) is 9.31. The first kappa shape index (κ1) is 18.7. The number of rotatable bonds is 6. The predicted octanol–water partition coefficient (Wildman–Crippen LogP) is -1.24. The molecule has 3 heterocycles. The van der Waals surface area contributed by atoms with Crippen LogP contribution in [-0.2, 0) is 16.1 Å². The van der Waals surface area contributed by atoms with Crippen LogP contribution in [0.2, 0.25) is 0 Å². The number of aliphatic hydroxyl groups excluding tert-OH is 1. The fourth-order valence-corrected chi connectivity index (χ4v) is 3.97. The number of amides is 4. The monoisotopic (exact) mass is 386 g/mol. The third-order valence-electron chi connectivity index (χ3n) is 5.71. The van der Waals surface area contributed by atoms with Crippen molar-refractivity contribution >= 4 is 23.6 Å². The molecule has 148 valence electrons. The van der Waals surface area contributed by atoms with Gasteiger partial charge >= 0.3 is 0 Å². The molecule has 1 atom stereocenters. The molecule has 28 heavy (non-hydrogen) atoms. The van der Waals surface area contributed by atoms with E-state index >= 15 is 0 Å². The summed E-state index contributed by atoms with van der Waals surface area (Å²) in [5.41, 5.74) is 1.05. The predicted molar refractivity (Wildman–Crippen MR) is 97.2 cm³/mol. The van der Waals surface area contributed by atoms with Crippen molar-refractivity contribution in [1.29, 1.82) is 0 Å². The molecule has 0 bridgehead atoms. The van der Waals surface area contributed by atoms with Gasteiger partial charge in [-0.25, -0.2) is 0 Å². The summed E-state index contributed by atoms with van der Waals surface area (Å²) in [6, 6.07) is 4.09. The van der Waals surface area contributed by atoms with Crippen molar-refractivity contribution in [2.24, 2.45) is 5.41 Å². The molecule has 4 rings (SSSR count). The van der Waals surface area contributed by atoms with Crippen LogP contribution in [0.15, 0.2) is 18.2 Å². The van der Waals surface area contributed by atoms with E-state index in [0.29, 0.717) is 24.2 Å². The number of nitrogens with one attached hydrogen (secondary N) is 3. The Balaban J connectivity index is 1.52. The fraction of sp³-hybridized carbons (Fsp3) is 0.474. The first-order valence-corrected chi connectivity index (χ1v) is 9.31. The molecule has 3 aliphatic rings. The molecule has 2 saturated heterocycles. The topological polar surface area (TPSA) is 128 Å². The number of nitrogens with zero attached hydrogens (tertiary/aromatic N) is 1. The van der Waals surface area contributed by atoms with Crippen LogP contribution < -0.4 is 16.0 Å². The van der Waals surface area contributed by atoms with Gasteiger partial charge in [0, 0.05) is 38.0 Å². The Morgan fingerprint density at radius 3 is 2.61 bits per heavy atom. The summed E-state index contributed by atoms with van der Waals surface area (Å²) >= 11 is 0. The number of carbonyl (C=O) groups excluding carboxylic acids is 4. The smallest absolute Gasteiger partial charge is 0.262 e. The Kier molecular flexibility index (Phi) is 4.74. The molecule has 9 nitrogen and oxygen atoms in total. The fourth-order valence-electron chi connectivity index (χ4n) is 3.97. The van der Waals surface area contributed by atoms with Crippen molar-refractivity contribution < 1.29 is 24.3 Å². The number of imide groups is 2. The second-order valence-electron chi connectivity index (χ2n) is 7.65. The van der Waals surface area contributed by atoms with E-state index in [1.54, 1.807) is 18.2 Å². The van der Waals surface area contributed by atoms with Gasteiger partial charge in [-0.2, -0.15) is 0 Å². The largest absolute Gasteiger partial charge is 0.396 e. The molecule has 4 amide bonds. The van der Waals surface area contributed by atoms with Gasteiger partial charge in [0.25, 0.3) is 11.8 Å². The normalized spacial score (nSPS) is 23.5. The van der Waals surface area contributed by atoms with Crippen LogP contribution in [0.25, 0.3) is 0 Å². The number of carbonyl (C=O) groups is 4. The van der Waals surface area contributed by atoms with E-state index < -0.39 is 29.7 Å². The molecular weight excluding hydrogens is 364 g/mol. The molecule has 1 aromatic carbocycles. The van der Waals surface area contributed by atoms with E-state index in [-0.39, 0.29) is 30.4 Å². The van der Waals surface area contributed by atoms with Crippen molar-refractivity contribution in [3.63, 3.8) is 0 Å². The zero-order valence-corrected chi connectivity index (χ0v) is 15.3. The number of fused-ring (bicyclic) bond motifs is 1. The number of aliphatic hydroxyl groups is 1. The Morgan fingerprint density at radius 2 is 1.96 bits per heavy atom. The van der Waals surface area contributed by atoms with Gasteiger partial charge in [-0.1, -0.05) is 12.1 Å². The molecule has 0 radical (unpaired) electrons. The third kappa shape index (κ3) is 3.01. The summed E-state index contributed by atoms with van der Waals surface area (Å²) < 4.78 is 0. The second-order valence-corrected chi connectivity index (χ2v) is 7.65. The lowest BCUT2D eigenvalue weighted by Crippen LogP contribution is -2.60. The van der Waals surface area contributed by atoms with Gasteiger partial charge in [0.15, 0.2) is 0 Å². The maximum atomic E-state index is 13.0. The number of hydrogen-bond acceptors (Lipinski definition) is 7. The van der Waals surface area contributed by atoms with E-state index in [4.69, 9.17) is 0 Å². The first-order chi connectivity index (χ1) is 13.5. The van der Waals surface area contributed by atoms with Crippen LogP contribution in [0.3, 0.4) is 0 Å². The van der Waals surface area contributed by atoms with E-state index in [2.05, 4.69) is 16.0 Å². The molecule has 2 fully saturated rings. The van der Waals surface area contributed by atoms with Gasteiger partial charge in [0.1, 0.15) is 6.04 Å². The highest BCUT2D eigenvalue weighted by molar-refractivity contribution is 6.24. The number of hydrogen-bond donors (Lipinski definition) is 4. The molecule has 3 aliphatic heterocycles. The summed E-state index contributed by atoms with van der Waals surface area (Å²) in [4.78, 5) is 50.3. The van der Waals surface area contributed by atoms with Gasteiger partial charge in [-0.3, -0.25) is 29.4 Å². The molecule has 0 saturated carbocycles. The van der Waals surface area contributed by atoms with Crippen LogP contribution in [0.1, 0.15) is 39.1 Å². The Hall–Kier alpha value is -2.62. The van der Waals surface area contributed by atoms with Crippen molar-refractivity contribution in [1.82, 2.24) is 20.9 Å². The van der Waals surface area contributed by atoms with Crippen LogP contribution in [0, 0.1) is 5.41 Å². The third-order valence-corrected chi connectivity index (χ3v) is 5.71. The standard InChI is InChI=1S/C19H22N4O5/c24-10-19(8-21-9-19)7-20-6-11-2-1-3-12-15(11)18(28)23(17(12)27)13-4-5-14(25)22-16(13)26/h1-3,13,20-21,24H,4-10H2,(H,22,25,26). The lowest BCUT2D eigenvalue weighted by Gasteiger charge is -2.41. The van der Waals surface area contributed by atoms with E-state index in [1.807, 2.05) is 0 Å². The molecular formula is C19H22N4O5. The Labute approximate surface area is 161 Å². The molecule has 1 unspecified atom stereocenters. The minimum absolute atomic E-state index is 0.0700. The maximum Gasteiger partial charge on any atom is 0.262 e. The highest BCUT2D eigenvalue weighted by atomic mass is 16.3. The summed E-state index contributed by atoms with van der Waals surface area (Å²) in [5, 5.41) is 18.1. The van der Waals surface area contributed by atoms with Gasteiger partial charge in [0.2, 0.25) is 11.8 Å². The van der Waals surface area contributed by atoms with Crippen molar-refractivity contribution in [2.45, 2.75) is 25.4 Å². The molecule has 9 heteroatoms. The van der Waals surface area contributed by atoms with Gasteiger partial charge in [-0.05, 0) is 18.1 Å².